The quantitative estimate of drug-likeness (QED) is 0.475. The van der Waals surface area contributed by atoms with E-state index < -0.39 is 0 Å². The normalized spacial score (nSPS) is 10.9. The monoisotopic (exact) mass is 254 g/mol. The fourth-order valence-electron chi connectivity index (χ4n) is 1.33. The molecule has 0 bridgehead atoms. The van der Waals surface area contributed by atoms with Crippen LogP contribution in [0.5, 0.6) is 0 Å². The van der Waals surface area contributed by atoms with Crippen LogP contribution in [-0.2, 0) is 0 Å². The summed E-state index contributed by atoms with van der Waals surface area (Å²) in [6.45, 7) is 4.58. The molecule has 0 heterocycles. The highest BCUT2D eigenvalue weighted by Crippen LogP contribution is 2.19. The van der Waals surface area contributed by atoms with Crippen LogP contribution >= 0.6 is 23.5 Å². The molecule has 0 aliphatic carbocycles. The van der Waals surface area contributed by atoms with Crippen molar-refractivity contribution in [3.8, 4) is 0 Å². The molecule has 1 aromatic carbocycles. The van der Waals surface area contributed by atoms with Crippen LogP contribution < -0.4 is 0 Å². The molecular formula is C14H22S2. The van der Waals surface area contributed by atoms with E-state index in [1.807, 2.05) is 11.8 Å². The van der Waals surface area contributed by atoms with Gasteiger partial charge in [-0.05, 0) is 48.2 Å². The summed E-state index contributed by atoms with van der Waals surface area (Å²) >= 11 is 4.07. The lowest BCUT2D eigenvalue weighted by Gasteiger charge is -2.04. The summed E-state index contributed by atoms with van der Waals surface area (Å²) in [6.07, 6.45) is 2.70. The van der Waals surface area contributed by atoms with Crippen molar-refractivity contribution in [2.24, 2.45) is 5.92 Å². The standard InChI is InChI=1S/C14H22S2/c1-13(2)12-15-10-6-7-11-16-14-8-4-3-5-9-14/h3-5,8-9,13H,6-7,10-12H2,1-2H3. The Labute approximate surface area is 109 Å². The van der Waals surface area contributed by atoms with E-state index in [1.165, 1.54) is 35.0 Å². The number of hydrogen-bond acceptors (Lipinski definition) is 2. The average molecular weight is 254 g/mol. The van der Waals surface area contributed by atoms with Gasteiger partial charge in [-0.1, -0.05) is 32.0 Å². The Bertz CT molecular complexity index is 257. The van der Waals surface area contributed by atoms with Crippen LogP contribution in [0.15, 0.2) is 35.2 Å². The molecule has 0 N–H and O–H groups in total. The number of rotatable bonds is 8. The summed E-state index contributed by atoms with van der Waals surface area (Å²) in [5.74, 6) is 4.73. The Balaban J connectivity index is 1.93. The first-order valence-corrected chi connectivity index (χ1v) is 8.18. The molecule has 2 heteroatoms. The van der Waals surface area contributed by atoms with E-state index in [1.54, 1.807) is 0 Å². The zero-order valence-corrected chi connectivity index (χ0v) is 11.9. The fraction of sp³-hybridized carbons (Fsp3) is 0.571. The van der Waals surface area contributed by atoms with Crippen LogP contribution in [0.4, 0.5) is 0 Å². The molecule has 0 fully saturated rings. The van der Waals surface area contributed by atoms with Crippen molar-refractivity contribution in [2.75, 3.05) is 17.3 Å². The van der Waals surface area contributed by atoms with Gasteiger partial charge in [0.25, 0.3) is 0 Å². The Morgan fingerprint density at radius 3 is 2.38 bits per heavy atom. The van der Waals surface area contributed by atoms with Crippen LogP contribution in [0.1, 0.15) is 26.7 Å². The first-order chi connectivity index (χ1) is 7.79. The molecule has 0 aliphatic rings. The molecule has 0 saturated heterocycles. The molecule has 0 radical (unpaired) electrons. The van der Waals surface area contributed by atoms with Gasteiger partial charge in [0, 0.05) is 4.90 Å². The molecule has 90 valence electrons. The third-order valence-corrected chi connectivity index (χ3v) is 4.72. The number of hydrogen-bond donors (Lipinski definition) is 0. The number of thioether (sulfide) groups is 2. The molecule has 16 heavy (non-hydrogen) atoms. The van der Waals surface area contributed by atoms with E-state index in [4.69, 9.17) is 0 Å². The Morgan fingerprint density at radius 1 is 1.00 bits per heavy atom. The van der Waals surface area contributed by atoms with Crippen LogP contribution in [0.2, 0.25) is 0 Å². The lowest BCUT2D eigenvalue weighted by Crippen LogP contribution is -1.92. The smallest absolute Gasteiger partial charge is 0.00719 e. The molecular weight excluding hydrogens is 232 g/mol. The first-order valence-electron chi connectivity index (χ1n) is 6.04. The molecule has 0 aliphatic heterocycles. The lowest BCUT2D eigenvalue weighted by molar-refractivity contribution is 0.749. The molecule has 1 rings (SSSR count). The van der Waals surface area contributed by atoms with Crippen LogP contribution in [-0.4, -0.2) is 17.3 Å². The van der Waals surface area contributed by atoms with E-state index in [0.29, 0.717) is 0 Å². The van der Waals surface area contributed by atoms with Crippen molar-refractivity contribution in [1.82, 2.24) is 0 Å². The maximum Gasteiger partial charge on any atom is 0.00719 e. The summed E-state index contributed by atoms with van der Waals surface area (Å²) < 4.78 is 0. The molecule has 0 atom stereocenters. The van der Waals surface area contributed by atoms with Crippen LogP contribution in [0.3, 0.4) is 0 Å². The lowest BCUT2D eigenvalue weighted by atomic mass is 10.3. The molecule has 0 unspecified atom stereocenters. The summed E-state index contributed by atoms with van der Waals surface area (Å²) in [5.41, 5.74) is 0. The minimum atomic E-state index is 0.837. The van der Waals surface area contributed by atoms with Crippen LogP contribution in [0, 0.1) is 5.92 Å². The Kier molecular flexibility index (Phi) is 7.87. The summed E-state index contributed by atoms with van der Waals surface area (Å²) in [7, 11) is 0. The molecule has 0 spiro atoms. The van der Waals surface area contributed by atoms with Crippen molar-refractivity contribution in [3.05, 3.63) is 30.3 Å². The Morgan fingerprint density at radius 2 is 1.69 bits per heavy atom. The second kappa shape index (κ2) is 9.00. The number of benzene rings is 1. The van der Waals surface area contributed by atoms with Crippen LogP contribution in [0.25, 0.3) is 0 Å². The molecule has 0 nitrogen and oxygen atoms in total. The van der Waals surface area contributed by atoms with Gasteiger partial charge in [-0.25, -0.2) is 0 Å². The Hall–Kier alpha value is -0.0800. The topological polar surface area (TPSA) is 0 Å². The van der Waals surface area contributed by atoms with Crippen molar-refractivity contribution >= 4 is 23.5 Å². The van der Waals surface area contributed by atoms with Crippen molar-refractivity contribution in [3.63, 3.8) is 0 Å². The van der Waals surface area contributed by atoms with E-state index in [9.17, 15) is 0 Å². The van der Waals surface area contributed by atoms with Gasteiger partial charge in [0.2, 0.25) is 0 Å². The van der Waals surface area contributed by atoms with Gasteiger partial charge in [0.1, 0.15) is 0 Å². The second-order valence-electron chi connectivity index (χ2n) is 4.34. The van der Waals surface area contributed by atoms with Crippen molar-refractivity contribution in [2.45, 2.75) is 31.6 Å². The third kappa shape index (κ3) is 7.24. The molecule has 0 saturated carbocycles. The average Bonchev–Trinajstić information content (AvgIpc) is 2.29. The van der Waals surface area contributed by atoms with Gasteiger partial charge >= 0.3 is 0 Å². The van der Waals surface area contributed by atoms with Gasteiger partial charge in [-0.15, -0.1) is 11.8 Å². The van der Waals surface area contributed by atoms with Gasteiger partial charge in [-0.2, -0.15) is 11.8 Å². The van der Waals surface area contributed by atoms with E-state index >= 15 is 0 Å². The van der Waals surface area contributed by atoms with Gasteiger partial charge in [-0.3, -0.25) is 0 Å². The summed E-state index contributed by atoms with van der Waals surface area (Å²) in [6, 6.07) is 10.7. The first kappa shape index (κ1) is 14.0. The zero-order valence-electron chi connectivity index (χ0n) is 10.3. The summed E-state index contributed by atoms with van der Waals surface area (Å²) in [5, 5.41) is 0. The molecule has 0 aromatic heterocycles. The van der Waals surface area contributed by atoms with Gasteiger partial charge in [0.05, 0.1) is 0 Å². The predicted molar refractivity (Wildman–Crippen MR) is 78.6 cm³/mol. The van der Waals surface area contributed by atoms with Crippen molar-refractivity contribution in [1.29, 1.82) is 0 Å². The van der Waals surface area contributed by atoms with E-state index in [2.05, 4.69) is 55.9 Å². The molecule has 0 amide bonds. The highest BCUT2D eigenvalue weighted by Gasteiger charge is 1.95. The largest absolute Gasteiger partial charge is 0.162 e. The predicted octanol–water partition coefficient (Wildman–Crippen LogP) is 4.95. The van der Waals surface area contributed by atoms with E-state index in [-0.39, 0.29) is 0 Å². The minimum absolute atomic E-state index is 0.837. The van der Waals surface area contributed by atoms with Gasteiger partial charge in [0.15, 0.2) is 0 Å². The maximum absolute atomic E-state index is 2.29. The minimum Gasteiger partial charge on any atom is -0.162 e. The highest BCUT2D eigenvalue weighted by atomic mass is 32.2. The third-order valence-electron chi connectivity index (χ3n) is 2.15. The van der Waals surface area contributed by atoms with Crippen molar-refractivity contribution < 1.29 is 0 Å². The van der Waals surface area contributed by atoms with Gasteiger partial charge < -0.3 is 0 Å². The fourth-order valence-corrected chi connectivity index (χ4v) is 3.31. The SMILES string of the molecule is CC(C)CSCCCCSc1ccccc1. The molecule has 1 aromatic rings. The number of unbranched alkanes of at least 4 members (excludes halogenated alkanes) is 1. The second-order valence-corrected chi connectivity index (χ2v) is 6.66. The highest BCUT2D eigenvalue weighted by molar-refractivity contribution is 7.99. The van der Waals surface area contributed by atoms with E-state index in [0.717, 1.165) is 5.92 Å². The summed E-state index contributed by atoms with van der Waals surface area (Å²) in [4.78, 5) is 1.40. The maximum atomic E-state index is 2.29. The zero-order chi connectivity index (χ0) is 11.6.